The first kappa shape index (κ1) is 11.8. The molecule has 0 unspecified atom stereocenters. The van der Waals surface area contributed by atoms with Crippen molar-refractivity contribution in [1.82, 2.24) is 9.97 Å². The van der Waals surface area contributed by atoms with Crippen molar-refractivity contribution in [2.45, 2.75) is 19.8 Å². The SMILES string of the molecule is Cc1ncnc(N2CCC(C(=O)O)CC2)c1F. The van der Waals surface area contributed by atoms with Crippen molar-refractivity contribution in [2.24, 2.45) is 5.92 Å². The standard InChI is InChI=1S/C11H14FN3O2/c1-7-9(12)10(14-6-13-7)15-4-2-8(3-5-15)11(16)17/h6,8H,2-5H2,1H3,(H,16,17). The molecule has 0 atom stereocenters. The molecule has 1 fully saturated rings. The highest BCUT2D eigenvalue weighted by molar-refractivity contribution is 5.70. The molecule has 2 rings (SSSR count). The van der Waals surface area contributed by atoms with Gasteiger partial charge < -0.3 is 10.0 Å². The van der Waals surface area contributed by atoms with Crippen LogP contribution >= 0.6 is 0 Å². The predicted molar refractivity (Wildman–Crippen MR) is 59.3 cm³/mol. The number of anilines is 1. The number of carboxylic acid groups (broad SMARTS) is 1. The van der Waals surface area contributed by atoms with Gasteiger partial charge in [0.2, 0.25) is 0 Å². The Morgan fingerprint density at radius 3 is 2.71 bits per heavy atom. The lowest BCUT2D eigenvalue weighted by Crippen LogP contribution is -2.37. The largest absolute Gasteiger partial charge is 0.481 e. The molecule has 6 heteroatoms. The molecule has 1 aliphatic heterocycles. The van der Waals surface area contributed by atoms with Crippen LogP contribution in [-0.4, -0.2) is 34.1 Å². The molecular formula is C11H14FN3O2. The number of aryl methyl sites for hydroxylation is 1. The van der Waals surface area contributed by atoms with E-state index < -0.39 is 11.8 Å². The van der Waals surface area contributed by atoms with Gasteiger partial charge in [-0.1, -0.05) is 0 Å². The number of piperidine rings is 1. The van der Waals surface area contributed by atoms with Gasteiger partial charge in [-0.3, -0.25) is 4.79 Å². The summed E-state index contributed by atoms with van der Waals surface area (Å²) in [7, 11) is 0. The Morgan fingerprint density at radius 1 is 1.47 bits per heavy atom. The van der Waals surface area contributed by atoms with Crippen molar-refractivity contribution in [1.29, 1.82) is 0 Å². The summed E-state index contributed by atoms with van der Waals surface area (Å²) >= 11 is 0. The molecule has 0 amide bonds. The molecule has 5 nitrogen and oxygen atoms in total. The molecule has 0 bridgehead atoms. The zero-order chi connectivity index (χ0) is 12.4. The monoisotopic (exact) mass is 239 g/mol. The van der Waals surface area contributed by atoms with Gasteiger partial charge in [-0.25, -0.2) is 14.4 Å². The molecule has 1 N–H and O–H groups in total. The number of aliphatic carboxylic acids is 1. The molecule has 1 aromatic heterocycles. The fourth-order valence-corrected chi connectivity index (χ4v) is 2.00. The molecule has 1 saturated heterocycles. The van der Waals surface area contributed by atoms with Gasteiger partial charge in [0.15, 0.2) is 11.6 Å². The Balaban J connectivity index is 2.10. The van der Waals surface area contributed by atoms with Crippen molar-refractivity contribution < 1.29 is 14.3 Å². The number of rotatable bonds is 2. The minimum Gasteiger partial charge on any atom is -0.481 e. The van der Waals surface area contributed by atoms with E-state index in [0.29, 0.717) is 31.6 Å². The Hall–Kier alpha value is -1.72. The van der Waals surface area contributed by atoms with Crippen LogP contribution in [-0.2, 0) is 4.79 Å². The maximum Gasteiger partial charge on any atom is 0.306 e. The molecular weight excluding hydrogens is 225 g/mol. The second-order valence-corrected chi connectivity index (χ2v) is 4.20. The molecule has 1 aromatic rings. The van der Waals surface area contributed by atoms with Crippen LogP contribution in [0.4, 0.5) is 10.2 Å². The molecule has 17 heavy (non-hydrogen) atoms. The number of nitrogens with zero attached hydrogens (tertiary/aromatic N) is 3. The van der Waals surface area contributed by atoms with E-state index >= 15 is 0 Å². The number of aromatic nitrogens is 2. The van der Waals surface area contributed by atoms with Crippen LogP contribution in [0, 0.1) is 18.7 Å². The summed E-state index contributed by atoms with van der Waals surface area (Å²) in [5.41, 5.74) is 0.315. The maximum absolute atomic E-state index is 13.8. The van der Waals surface area contributed by atoms with Crippen LogP contribution in [0.1, 0.15) is 18.5 Å². The minimum atomic E-state index is -0.774. The van der Waals surface area contributed by atoms with Crippen LogP contribution in [0.2, 0.25) is 0 Å². The quantitative estimate of drug-likeness (QED) is 0.840. The van der Waals surface area contributed by atoms with Crippen LogP contribution < -0.4 is 4.90 Å². The number of halogens is 1. The lowest BCUT2D eigenvalue weighted by molar-refractivity contribution is -0.142. The molecule has 0 aromatic carbocycles. The molecule has 0 saturated carbocycles. The summed E-state index contributed by atoms with van der Waals surface area (Å²) < 4.78 is 13.8. The Morgan fingerprint density at radius 2 is 2.12 bits per heavy atom. The summed E-state index contributed by atoms with van der Waals surface area (Å²) in [6.45, 7) is 2.62. The van der Waals surface area contributed by atoms with E-state index in [1.54, 1.807) is 11.8 Å². The summed E-state index contributed by atoms with van der Waals surface area (Å²) in [5.74, 6) is -1.23. The summed E-state index contributed by atoms with van der Waals surface area (Å²) in [5, 5.41) is 8.88. The Bertz CT molecular complexity index is 431. The highest BCUT2D eigenvalue weighted by atomic mass is 19.1. The molecule has 0 aliphatic carbocycles. The third-order valence-electron chi connectivity index (χ3n) is 3.09. The fraction of sp³-hybridized carbons (Fsp3) is 0.545. The maximum atomic E-state index is 13.8. The van der Waals surface area contributed by atoms with E-state index in [0.717, 1.165) is 0 Å². The van der Waals surface area contributed by atoms with Crippen molar-refractivity contribution in [3.63, 3.8) is 0 Å². The van der Waals surface area contributed by atoms with Crippen LogP contribution in [0.15, 0.2) is 6.33 Å². The normalized spacial score (nSPS) is 17.2. The number of hydrogen-bond donors (Lipinski definition) is 1. The lowest BCUT2D eigenvalue weighted by Gasteiger charge is -2.31. The van der Waals surface area contributed by atoms with E-state index in [2.05, 4.69) is 9.97 Å². The van der Waals surface area contributed by atoms with Gasteiger partial charge in [0, 0.05) is 13.1 Å². The third-order valence-corrected chi connectivity index (χ3v) is 3.09. The first-order valence-electron chi connectivity index (χ1n) is 5.54. The second kappa shape index (κ2) is 4.65. The minimum absolute atomic E-state index is 0.279. The summed E-state index contributed by atoms with van der Waals surface area (Å²) in [6, 6.07) is 0. The topological polar surface area (TPSA) is 66.3 Å². The van der Waals surface area contributed by atoms with Crippen molar-refractivity contribution >= 4 is 11.8 Å². The van der Waals surface area contributed by atoms with Crippen LogP contribution in [0.25, 0.3) is 0 Å². The Kier molecular flexibility index (Phi) is 3.21. The highest BCUT2D eigenvalue weighted by Gasteiger charge is 2.26. The second-order valence-electron chi connectivity index (χ2n) is 4.20. The van der Waals surface area contributed by atoms with E-state index in [4.69, 9.17) is 5.11 Å². The van der Waals surface area contributed by atoms with Gasteiger partial charge >= 0.3 is 5.97 Å². The first-order valence-corrected chi connectivity index (χ1v) is 5.54. The van der Waals surface area contributed by atoms with Crippen LogP contribution in [0.5, 0.6) is 0 Å². The zero-order valence-electron chi connectivity index (χ0n) is 9.56. The lowest BCUT2D eigenvalue weighted by atomic mass is 9.97. The molecule has 0 spiro atoms. The molecule has 0 radical (unpaired) electrons. The van der Waals surface area contributed by atoms with Gasteiger partial charge in [0.05, 0.1) is 11.6 Å². The van der Waals surface area contributed by atoms with E-state index in [-0.39, 0.29) is 11.7 Å². The average Bonchev–Trinajstić information content (AvgIpc) is 2.33. The zero-order valence-corrected chi connectivity index (χ0v) is 9.56. The first-order chi connectivity index (χ1) is 8.09. The highest BCUT2D eigenvalue weighted by Crippen LogP contribution is 2.24. The summed E-state index contributed by atoms with van der Waals surface area (Å²) in [4.78, 5) is 20.3. The number of carbonyl (C=O) groups is 1. The average molecular weight is 239 g/mol. The Labute approximate surface area is 98.3 Å². The van der Waals surface area contributed by atoms with E-state index in [1.807, 2.05) is 0 Å². The molecule has 2 heterocycles. The van der Waals surface area contributed by atoms with Gasteiger partial charge in [-0.2, -0.15) is 0 Å². The van der Waals surface area contributed by atoms with Crippen molar-refractivity contribution in [3.05, 3.63) is 17.8 Å². The van der Waals surface area contributed by atoms with Gasteiger partial charge in [-0.15, -0.1) is 0 Å². The summed E-state index contributed by atoms with van der Waals surface area (Å²) in [6.07, 6.45) is 2.38. The smallest absolute Gasteiger partial charge is 0.306 e. The van der Waals surface area contributed by atoms with Crippen molar-refractivity contribution in [3.8, 4) is 0 Å². The van der Waals surface area contributed by atoms with E-state index in [1.165, 1.54) is 6.33 Å². The van der Waals surface area contributed by atoms with Gasteiger partial charge in [0.25, 0.3) is 0 Å². The van der Waals surface area contributed by atoms with Crippen molar-refractivity contribution in [2.75, 3.05) is 18.0 Å². The van der Waals surface area contributed by atoms with Gasteiger partial charge in [0.1, 0.15) is 6.33 Å². The fourth-order valence-electron chi connectivity index (χ4n) is 2.00. The molecule has 1 aliphatic rings. The van der Waals surface area contributed by atoms with E-state index in [9.17, 15) is 9.18 Å². The predicted octanol–water partition coefficient (Wildman–Crippen LogP) is 1.23. The molecule has 92 valence electrons. The van der Waals surface area contributed by atoms with Crippen LogP contribution in [0.3, 0.4) is 0 Å². The van der Waals surface area contributed by atoms with Gasteiger partial charge in [-0.05, 0) is 19.8 Å². The number of hydrogen-bond acceptors (Lipinski definition) is 4. The third kappa shape index (κ3) is 2.35. The number of carboxylic acids is 1.